The predicted molar refractivity (Wildman–Crippen MR) is 114 cm³/mol. The Balaban J connectivity index is 1.62. The van der Waals surface area contributed by atoms with Crippen molar-refractivity contribution in [2.24, 2.45) is 7.05 Å². The molecule has 0 aliphatic rings. The number of nitrogens with zero attached hydrogens (tertiary/aromatic N) is 4. The van der Waals surface area contributed by atoms with Gasteiger partial charge < -0.3 is 9.88 Å². The largest absolute Gasteiger partial charge is 0.325 e. The Morgan fingerprint density at radius 2 is 1.70 bits per heavy atom. The van der Waals surface area contributed by atoms with Gasteiger partial charge in [0.05, 0.1) is 0 Å². The summed E-state index contributed by atoms with van der Waals surface area (Å²) in [5, 5.41) is 11.5. The van der Waals surface area contributed by atoms with Crippen LogP contribution in [-0.4, -0.2) is 25.7 Å². The van der Waals surface area contributed by atoms with Crippen molar-refractivity contribution >= 4 is 23.4 Å². The number of rotatable bonds is 6. The standard InChI is InChI=1S/C22H18FN5OS/c1-28-20(16-11-13-24-14-12-16)26-27-22(28)30-19(15-5-3-2-4-6-15)21(29)25-18-9-7-17(23)8-10-18/h2-14,19H,1H3,(H,25,29). The molecule has 4 rings (SSSR count). The van der Waals surface area contributed by atoms with Crippen LogP contribution in [0.4, 0.5) is 10.1 Å². The van der Waals surface area contributed by atoms with Crippen molar-refractivity contribution in [2.75, 3.05) is 5.32 Å². The summed E-state index contributed by atoms with van der Waals surface area (Å²) in [4.78, 5) is 17.1. The van der Waals surface area contributed by atoms with Crippen LogP contribution < -0.4 is 5.32 Å². The summed E-state index contributed by atoms with van der Waals surface area (Å²) in [5.41, 5.74) is 2.24. The zero-order chi connectivity index (χ0) is 20.9. The first-order valence-corrected chi connectivity index (χ1v) is 10.1. The Labute approximate surface area is 177 Å². The van der Waals surface area contributed by atoms with E-state index in [2.05, 4.69) is 20.5 Å². The number of benzene rings is 2. The molecule has 30 heavy (non-hydrogen) atoms. The van der Waals surface area contributed by atoms with Crippen molar-refractivity contribution in [3.8, 4) is 11.4 Å². The number of hydrogen-bond donors (Lipinski definition) is 1. The van der Waals surface area contributed by atoms with Crippen LogP contribution >= 0.6 is 11.8 Å². The van der Waals surface area contributed by atoms with Gasteiger partial charge in [-0.25, -0.2) is 4.39 Å². The molecular formula is C22H18FN5OS. The second-order valence-corrected chi connectivity index (χ2v) is 7.58. The van der Waals surface area contributed by atoms with Gasteiger partial charge in [-0.1, -0.05) is 42.1 Å². The van der Waals surface area contributed by atoms with E-state index in [1.807, 2.05) is 54.1 Å². The van der Waals surface area contributed by atoms with Crippen LogP contribution in [0.1, 0.15) is 10.8 Å². The van der Waals surface area contributed by atoms with Gasteiger partial charge in [-0.15, -0.1) is 10.2 Å². The number of nitrogens with one attached hydrogen (secondary N) is 1. The van der Waals surface area contributed by atoms with Gasteiger partial charge in [0.2, 0.25) is 5.91 Å². The Morgan fingerprint density at radius 1 is 1.00 bits per heavy atom. The number of hydrogen-bond acceptors (Lipinski definition) is 5. The van der Waals surface area contributed by atoms with E-state index in [4.69, 9.17) is 0 Å². The lowest BCUT2D eigenvalue weighted by molar-refractivity contribution is -0.115. The maximum absolute atomic E-state index is 13.2. The van der Waals surface area contributed by atoms with Crippen molar-refractivity contribution in [3.63, 3.8) is 0 Å². The van der Waals surface area contributed by atoms with E-state index in [0.717, 1.165) is 11.1 Å². The van der Waals surface area contributed by atoms with E-state index in [0.29, 0.717) is 16.7 Å². The fourth-order valence-corrected chi connectivity index (χ4v) is 3.92. The van der Waals surface area contributed by atoms with Gasteiger partial charge in [0, 0.05) is 30.7 Å². The highest BCUT2D eigenvalue weighted by Gasteiger charge is 2.25. The Bertz CT molecular complexity index is 1130. The van der Waals surface area contributed by atoms with Crippen molar-refractivity contribution in [1.29, 1.82) is 0 Å². The van der Waals surface area contributed by atoms with Crippen LogP contribution in [-0.2, 0) is 11.8 Å². The first-order valence-electron chi connectivity index (χ1n) is 9.19. The first kappa shape index (κ1) is 19.8. The number of thioether (sulfide) groups is 1. The van der Waals surface area contributed by atoms with E-state index in [1.54, 1.807) is 12.4 Å². The minimum absolute atomic E-state index is 0.230. The van der Waals surface area contributed by atoms with Gasteiger partial charge in [-0.2, -0.15) is 0 Å². The molecule has 0 radical (unpaired) electrons. The minimum Gasteiger partial charge on any atom is -0.325 e. The Kier molecular flexibility index (Phi) is 5.85. The second-order valence-electron chi connectivity index (χ2n) is 6.51. The average molecular weight is 419 g/mol. The summed E-state index contributed by atoms with van der Waals surface area (Å²) in [5.74, 6) is 0.0987. The zero-order valence-corrected chi connectivity index (χ0v) is 16.9. The molecule has 0 saturated carbocycles. The van der Waals surface area contributed by atoms with Crippen molar-refractivity contribution in [3.05, 3.63) is 90.5 Å². The van der Waals surface area contributed by atoms with Crippen LogP contribution in [0.5, 0.6) is 0 Å². The second kappa shape index (κ2) is 8.87. The van der Waals surface area contributed by atoms with Crippen LogP contribution in [0, 0.1) is 5.82 Å². The van der Waals surface area contributed by atoms with Crippen molar-refractivity contribution in [1.82, 2.24) is 19.7 Å². The van der Waals surface area contributed by atoms with Crippen molar-refractivity contribution in [2.45, 2.75) is 10.4 Å². The topological polar surface area (TPSA) is 72.7 Å². The molecule has 2 aromatic heterocycles. The number of aromatic nitrogens is 4. The number of amides is 1. The minimum atomic E-state index is -0.565. The maximum atomic E-state index is 13.2. The highest BCUT2D eigenvalue weighted by atomic mass is 32.2. The lowest BCUT2D eigenvalue weighted by Gasteiger charge is -2.16. The molecule has 150 valence electrons. The fourth-order valence-electron chi connectivity index (χ4n) is 2.92. The molecule has 2 aromatic carbocycles. The number of carbonyl (C=O) groups is 1. The summed E-state index contributed by atoms with van der Waals surface area (Å²) in [6, 6.07) is 18.8. The lowest BCUT2D eigenvalue weighted by Crippen LogP contribution is -2.19. The quantitative estimate of drug-likeness (QED) is 0.466. The van der Waals surface area contributed by atoms with E-state index in [-0.39, 0.29) is 11.7 Å². The summed E-state index contributed by atoms with van der Waals surface area (Å²) in [6.07, 6.45) is 3.39. The molecule has 4 aromatic rings. The summed E-state index contributed by atoms with van der Waals surface area (Å²) >= 11 is 1.30. The first-order chi connectivity index (χ1) is 14.6. The molecule has 0 spiro atoms. The molecule has 1 unspecified atom stereocenters. The molecule has 2 heterocycles. The highest BCUT2D eigenvalue weighted by molar-refractivity contribution is 8.00. The molecule has 1 atom stereocenters. The molecule has 1 amide bonds. The van der Waals surface area contributed by atoms with Crippen LogP contribution in [0.2, 0.25) is 0 Å². The predicted octanol–water partition coefficient (Wildman–Crippen LogP) is 4.49. The Hall–Kier alpha value is -3.52. The van der Waals surface area contributed by atoms with Gasteiger partial charge in [0.15, 0.2) is 11.0 Å². The summed E-state index contributed by atoms with van der Waals surface area (Å²) < 4.78 is 15.0. The lowest BCUT2D eigenvalue weighted by atomic mass is 10.1. The van der Waals surface area contributed by atoms with Gasteiger partial charge in [-0.3, -0.25) is 9.78 Å². The molecule has 0 bridgehead atoms. The number of carbonyl (C=O) groups excluding carboxylic acids is 1. The van der Waals surface area contributed by atoms with Gasteiger partial charge in [0.1, 0.15) is 11.1 Å². The molecule has 1 N–H and O–H groups in total. The third-order valence-corrected chi connectivity index (χ3v) is 5.74. The van der Waals surface area contributed by atoms with E-state index in [1.165, 1.54) is 36.0 Å². The SMILES string of the molecule is Cn1c(SC(C(=O)Nc2ccc(F)cc2)c2ccccc2)nnc1-c1ccncc1. The number of halogens is 1. The molecule has 0 aliphatic heterocycles. The molecule has 0 fully saturated rings. The van der Waals surface area contributed by atoms with Gasteiger partial charge in [0.25, 0.3) is 0 Å². The molecular weight excluding hydrogens is 401 g/mol. The normalized spacial score (nSPS) is 11.8. The highest BCUT2D eigenvalue weighted by Crippen LogP contribution is 2.36. The smallest absolute Gasteiger partial charge is 0.242 e. The summed E-state index contributed by atoms with van der Waals surface area (Å²) in [7, 11) is 1.86. The third kappa shape index (κ3) is 4.38. The van der Waals surface area contributed by atoms with Gasteiger partial charge in [-0.05, 0) is 42.0 Å². The van der Waals surface area contributed by atoms with Crippen LogP contribution in [0.15, 0.2) is 84.3 Å². The van der Waals surface area contributed by atoms with Crippen LogP contribution in [0.25, 0.3) is 11.4 Å². The summed E-state index contributed by atoms with van der Waals surface area (Å²) in [6.45, 7) is 0. The molecule has 6 nitrogen and oxygen atoms in total. The van der Waals surface area contributed by atoms with Crippen molar-refractivity contribution < 1.29 is 9.18 Å². The zero-order valence-electron chi connectivity index (χ0n) is 16.1. The monoisotopic (exact) mass is 419 g/mol. The van der Waals surface area contributed by atoms with Gasteiger partial charge >= 0.3 is 0 Å². The average Bonchev–Trinajstić information content (AvgIpc) is 3.15. The molecule has 0 saturated heterocycles. The van der Waals surface area contributed by atoms with E-state index in [9.17, 15) is 9.18 Å². The Morgan fingerprint density at radius 3 is 2.40 bits per heavy atom. The van der Waals surface area contributed by atoms with E-state index < -0.39 is 5.25 Å². The number of anilines is 1. The molecule has 0 aliphatic carbocycles. The maximum Gasteiger partial charge on any atom is 0.242 e. The fraction of sp³-hybridized carbons (Fsp3) is 0.0909. The number of pyridine rings is 1. The van der Waals surface area contributed by atoms with Crippen LogP contribution in [0.3, 0.4) is 0 Å². The third-order valence-electron chi connectivity index (χ3n) is 4.45. The van der Waals surface area contributed by atoms with E-state index >= 15 is 0 Å². The molecule has 8 heteroatoms.